The normalized spacial score (nSPS) is 16.9. The fourth-order valence-electron chi connectivity index (χ4n) is 1.58. The summed E-state index contributed by atoms with van der Waals surface area (Å²) in [5, 5.41) is 2.79. The van der Waals surface area contributed by atoms with Crippen LogP contribution in [0.1, 0.15) is 25.0 Å². The first kappa shape index (κ1) is 12.9. The molecule has 0 atom stereocenters. The van der Waals surface area contributed by atoms with Crippen LogP contribution in [0.4, 0.5) is 5.69 Å². The molecular formula is C11H16ClN3O. The highest BCUT2D eigenvalue weighted by Gasteiger charge is 2.40. The summed E-state index contributed by atoms with van der Waals surface area (Å²) in [5.41, 5.74) is 6.88. The maximum absolute atomic E-state index is 11.7. The number of nitrogens with zero attached hydrogens (tertiary/aromatic N) is 1. The minimum Gasteiger partial charge on any atom is -0.323 e. The zero-order chi connectivity index (χ0) is 10.9. The molecule has 1 aliphatic rings. The summed E-state index contributed by atoms with van der Waals surface area (Å²) in [6.07, 6.45) is 4.24. The van der Waals surface area contributed by atoms with Crippen LogP contribution in [0.5, 0.6) is 0 Å². The highest BCUT2D eigenvalue weighted by molar-refractivity contribution is 5.98. The number of aryl methyl sites for hydroxylation is 1. The molecular weight excluding hydrogens is 226 g/mol. The number of hydrogen-bond acceptors (Lipinski definition) is 3. The van der Waals surface area contributed by atoms with Crippen molar-refractivity contribution in [3.05, 3.63) is 24.0 Å². The summed E-state index contributed by atoms with van der Waals surface area (Å²) in [4.78, 5) is 15.8. The second-order valence-corrected chi connectivity index (χ2v) is 4.15. The minimum absolute atomic E-state index is 0. The number of carbonyl (C=O) groups is 1. The van der Waals surface area contributed by atoms with Gasteiger partial charge in [-0.05, 0) is 38.3 Å². The monoisotopic (exact) mass is 241 g/mol. The third-order valence-electron chi connectivity index (χ3n) is 2.87. The molecule has 0 radical (unpaired) electrons. The highest BCUT2D eigenvalue weighted by Crippen LogP contribution is 2.30. The molecule has 3 N–H and O–H groups in total. The Hall–Kier alpha value is -1.13. The lowest BCUT2D eigenvalue weighted by Gasteiger charge is -2.36. The molecule has 5 heteroatoms. The molecule has 0 aromatic carbocycles. The van der Waals surface area contributed by atoms with Gasteiger partial charge in [-0.3, -0.25) is 9.78 Å². The van der Waals surface area contributed by atoms with Gasteiger partial charge in [0.1, 0.15) is 0 Å². The maximum atomic E-state index is 11.7. The summed E-state index contributed by atoms with van der Waals surface area (Å²) in [6, 6.07) is 3.70. The van der Waals surface area contributed by atoms with Gasteiger partial charge in [-0.15, -0.1) is 12.4 Å². The van der Waals surface area contributed by atoms with E-state index in [0.29, 0.717) is 5.69 Å². The predicted molar refractivity (Wildman–Crippen MR) is 65.6 cm³/mol. The lowest BCUT2D eigenvalue weighted by Crippen LogP contribution is -2.56. The van der Waals surface area contributed by atoms with Gasteiger partial charge in [0.15, 0.2) is 0 Å². The molecule has 0 aliphatic heterocycles. The third kappa shape index (κ3) is 2.51. The van der Waals surface area contributed by atoms with Crippen LogP contribution in [-0.2, 0) is 4.79 Å². The zero-order valence-corrected chi connectivity index (χ0v) is 10.0. The van der Waals surface area contributed by atoms with E-state index in [0.717, 1.165) is 25.0 Å². The van der Waals surface area contributed by atoms with Gasteiger partial charge < -0.3 is 11.1 Å². The zero-order valence-electron chi connectivity index (χ0n) is 9.19. The summed E-state index contributed by atoms with van der Waals surface area (Å²) < 4.78 is 0. The van der Waals surface area contributed by atoms with Crippen molar-refractivity contribution in [3.8, 4) is 0 Å². The van der Waals surface area contributed by atoms with Gasteiger partial charge in [0.2, 0.25) is 5.91 Å². The number of pyridine rings is 1. The van der Waals surface area contributed by atoms with E-state index in [1.807, 2.05) is 19.1 Å². The average Bonchev–Trinajstić information content (AvgIpc) is 2.18. The van der Waals surface area contributed by atoms with Gasteiger partial charge in [0.25, 0.3) is 0 Å². The molecule has 16 heavy (non-hydrogen) atoms. The van der Waals surface area contributed by atoms with E-state index in [1.165, 1.54) is 0 Å². The quantitative estimate of drug-likeness (QED) is 0.827. The number of amides is 1. The molecule has 0 spiro atoms. The standard InChI is InChI=1S/C11H15N3O.ClH/c1-8-3-4-9(7-13-8)14-10(15)11(12)5-2-6-11;/h3-4,7H,2,5-6,12H2,1H3,(H,14,15);1H. The van der Waals surface area contributed by atoms with Gasteiger partial charge in [0.05, 0.1) is 17.4 Å². The first-order chi connectivity index (χ1) is 7.10. The van der Waals surface area contributed by atoms with Gasteiger partial charge in [-0.2, -0.15) is 0 Å². The van der Waals surface area contributed by atoms with Crippen LogP contribution in [-0.4, -0.2) is 16.4 Å². The number of nitrogens with one attached hydrogen (secondary N) is 1. The van der Waals surface area contributed by atoms with Crippen molar-refractivity contribution in [2.24, 2.45) is 5.73 Å². The second-order valence-electron chi connectivity index (χ2n) is 4.15. The largest absolute Gasteiger partial charge is 0.323 e. The smallest absolute Gasteiger partial charge is 0.244 e. The summed E-state index contributed by atoms with van der Waals surface area (Å²) in [5.74, 6) is -0.0978. The molecule has 0 saturated heterocycles. The van der Waals surface area contributed by atoms with E-state index >= 15 is 0 Å². The Morgan fingerprint density at radius 1 is 1.50 bits per heavy atom. The van der Waals surface area contributed by atoms with Crippen LogP contribution in [0.25, 0.3) is 0 Å². The van der Waals surface area contributed by atoms with Crippen LogP contribution in [0.3, 0.4) is 0 Å². The first-order valence-electron chi connectivity index (χ1n) is 5.13. The van der Waals surface area contributed by atoms with Crippen LogP contribution in [0, 0.1) is 6.92 Å². The second kappa shape index (κ2) is 4.80. The Balaban J connectivity index is 0.00000128. The summed E-state index contributed by atoms with van der Waals surface area (Å²) >= 11 is 0. The minimum atomic E-state index is -0.648. The number of hydrogen-bond donors (Lipinski definition) is 2. The Labute approximate surface area is 101 Å². The Morgan fingerprint density at radius 2 is 2.19 bits per heavy atom. The van der Waals surface area contributed by atoms with E-state index in [1.54, 1.807) is 6.20 Å². The Kier molecular flexibility index (Phi) is 3.88. The topological polar surface area (TPSA) is 68.0 Å². The lowest BCUT2D eigenvalue weighted by molar-refractivity contribution is -0.123. The predicted octanol–water partition coefficient (Wildman–Crippen LogP) is 1.63. The molecule has 1 saturated carbocycles. The lowest BCUT2D eigenvalue weighted by atomic mass is 9.77. The van der Waals surface area contributed by atoms with Crippen LogP contribution < -0.4 is 11.1 Å². The van der Waals surface area contributed by atoms with E-state index in [4.69, 9.17) is 5.73 Å². The van der Waals surface area contributed by atoms with Crippen LogP contribution >= 0.6 is 12.4 Å². The number of halogens is 1. The van der Waals surface area contributed by atoms with Crippen molar-refractivity contribution in [2.45, 2.75) is 31.7 Å². The highest BCUT2D eigenvalue weighted by atomic mass is 35.5. The van der Waals surface area contributed by atoms with Gasteiger partial charge in [-0.25, -0.2) is 0 Å². The molecule has 0 unspecified atom stereocenters. The van der Waals surface area contributed by atoms with Crippen molar-refractivity contribution >= 4 is 24.0 Å². The SMILES string of the molecule is Cc1ccc(NC(=O)C2(N)CCC2)cn1.Cl. The fraction of sp³-hybridized carbons (Fsp3) is 0.455. The van der Waals surface area contributed by atoms with Crippen molar-refractivity contribution in [3.63, 3.8) is 0 Å². The molecule has 4 nitrogen and oxygen atoms in total. The third-order valence-corrected chi connectivity index (χ3v) is 2.87. The number of rotatable bonds is 2. The molecule has 0 bridgehead atoms. The van der Waals surface area contributed by atoms with Crippen molar-refractivity contribution in [2.75, 3.05) is 5.32 Å². The molecule has 88 valence electrons. The van der Waals surface area contributed by atoms with Crippen molar-refractivity contribution in [1.29, 1.82) is 0 Å². The number of carbonyl (C=O) groups excluding carboxylic acids is 1. The van der Waals surface area contributed by atoms with E-state index in [2.05, 4.69) is 10.3 Å². The van der Waals surface area contributed by atoms with Gasteiger partial charge >= 0.3 is 0 Å². The van der Waals surface area contributed by atoms with Crippen LogP contribution in [0.15, 0.2) is 18.3 Å². The molecule has 1 amide bonds. The van der Waals surface area contributed by atoms with Gasteiger partial charge in [-0.1, -0.05) is 0 Å². The van der Waals surface area contributed by atoms with E-state index in [-0.39, 0.29) is 18.3 Å². The number of nitrogens with two attached hydrogens (primary N) is 1. The molecule has 1 fully saturated rings. The molecule has 1 aliphatic carbocycles. The fourth-order valence-corrected chi connectivity index (χ4v) is 1.58. The van der Waals surface area contributed by atoms with Gasteiger partial charge in [0, 0.05) is 5.69 Å². The molecule has 1 heterocycles. The van der Waals surface area contributed by atoms with Crippen LogP contribution in [0.2, 0.25) is 0 Å². The first-order valence-corrected chi connectivity index (χ1v) is 5.13. The van der Waals surface area contributed by atoms with Crippen molar-refractivity contribution < 1.29 is 4.79 Å². The Morgan fingerprint density at radius 3 is 2.62 bits per heavy atom. The van der Waals surface area contributed by atoms with E-state index < -0.39 is 5.54 Å². The number of aromatic nitrogens is 1. The molecule has 1 aromatic rings. The maximum Gasteiger partial charge on any atom is 0.244 e. The average molecular weight is 242 g/mol. The summed E-state index contributed by atoms with van der Waals surface area (Å²) in [6.45, 7) is 1.90. The summed E-state index contributed by atoms with van der Waals surface area (Å²) in [7, 11) is 0. The Bertz CT molecular complexity index is 373. The number of anilines is 1. The van der Waals surface area contributed by atoms with Crippen molar-refractivity contribution in [1.82, 2.24) is 4.98 Å². The molecule has 1 aromatic heterocycles. The van der Waals surface area contributed by atoms with E-state index in [9.17, 15) is 4.79 Å². The molecule has 2 rings (SSSR count).